The number of anilines is 1. The molecule has 1 aromatic heterocycles. The van der Waals surface area contributed by atoms with Gasteiger partial charge in [0.2, 0.25) is 0 Å². The summed E-state index contributed by atoms with van der Waals surface area (Å²) in [6.07, 6.45) is 5.39. The van der Waals surface area contributed by atoms with Crippen LogP contribution in [0.3, 0.4) is 0 Å². The lowest BCUT2D eigenvalue weighted by atomic mass is 10.0. The molecule has 0 spiro atoms. The molecule has 1 N–H and O–H groups in total. The molecule has 5 nitrogen and oxygen atoms in total. The molecule has 2 aliphatic heterocycles. The van der Waals surface area contributed by atoms with E-state index in [4.69, 9.17) is 0 Å². The zero-order chi connectivity index (χ0) is 16.5. The maximum absolute atomic E-state index is 12.8. The van der Waals surface area contributed by atoms with Crippen LogP contribution in [0.15, 0.2) is 30.5 Å². The molecule has 0 aliphatic carbocycles. The van der Waals surface area contributed by atoms with E-state index in [1.165, 1.54) is 29.8 Å². The van der Waals surface area contributed by atoms with Crippen molar-refractivity contribution >= 4 is 11.6 Å². The number of benzene rings is 1. The number of nitrogens with one attached hydrogen (secondary N) is 1. The molecule has 0 unspecified atom stereocenters. The number of rotatable bonds is 3. The smallest absolute Gasteiger partial charge is 0.253 e. The molecule has 126 valence electrons. The van der Waals surface area contributed by atoms with E-state index in [0.29, 0.717) is 5.92 Å². The monoisotopic (exact) mass is 324 g/mol. The highest BCUT2D eigenvalue weighted by atomic mass is 16.2. The van der Waals surface area contributed by atoms with Crippen LogP contribution in [0.2, 0.25) is 0 Å². The first-order valence-corrected chi connectivity index (χ1v) is 8.86. The van der Waals surface area contributed by atoms with E-state index in [9.17, 15) is 4.79 Å². The summed E-state index contributed by atoms with van der Waals surface area (Å²) < 4.78 is 0. The van der Waals surface area contributed by atoms with Crippen molar-refractivity contribution in [1.29, 1.82) is 0 Å². The van der Waals surface area contributed by atoms with Gasteiger partial charge in [0.05, 0.1) is 6.20 Å². The van der Waals surface area contributed by atoms with E-state index in [0.717, 1.165) is 38.2 Å². The second-order valence-corrected chi connectivity index (χ2v) is 6.94. The molecule has 2 saturated heterocycles. The number of aryl methyl sites for hydroxylation is 1. The molecular formula is C19H24N4O. The number of hydrogen-bond acceptors (Lipinski definition) is 3. The van der Waals surface area contributed by atoms with Crippen LogP contribution < -0.4 is 4.90 Å². The van der Waals surface area contributed by atoms with Gasteiger partial charge >= 0.3 is 0 Å². The zero-order valence-corrected chi connectivity index (χ0v) is 14.2. The van der Waals surface area contributed by atoms with Crippen LogP contribution in [0.25, 0.3) is 0 Å². The number of carbonyl (C=O) groups excluding carboxylic acids is 1. The van der Waals surface area contributed by atoms with Crippen LogP contribution in [0.5, 0.6) is 0 Å². The molecule has 1 aromatic carbocycles. The Bertz CT molecular complexity index is 715. The highest BCUT2D eigenvalue weighted by molar-refractivity contribution is 5.94. The topological polar surface area (TPSA) is 52.2 Å². The van der Waals surface area contributed by atoms with Crippen molar-refractivity contribution in [2.24, 2.45) is 0 Å². The predicted octanol–water partition coefficient (Wildman–Crippen LogP) is 2.95. The standard InChI is InChI=1S/C19H24N4O/c1-14-12-20-21-18(14)16-8-11-23(13-16)19(24)15-4-6-17(7-5-15)22-9-2-3-10-22/h4-7,12,16H,2-3,8-11,13H2,1H3,(H,20,21)/t16-/m1/s1. The Labute approximate surface area is 142 Å². The Kier molecular flexibility index (Phi) is 4.00. The van der Waals surface area contributed by atoms with Crippen molar-refractivity contribution in [3.63, 3.8) is 0 Å². The Balaban J connectivity index is 1.43. The first-order chi connectivity index (χ1) is 11.7. The van der Waals surface area contributed by atoms with Crippen molar-refractivity contribution in [2.75, 3.05) is 31.1 Å². The van der Waals surface area contributed by atoms with Crippen molar-refractivity contribution in [1.82, 2.24) is 15.1 Å². The molecular weight excluding hydrogens is 300 g/mol. The summed E-state index contributed by atoms with van der Waals surface area (Å²) in [6.45, 7) is 5.92. The quantitative estimate of drug-likeness (QED) is 0.944. The molecule has 24 heavy (non-hydrogen) atoms. The molecule has 2 aliphatic rings. The summed E-state index contributed by atoms with van der Waals surface area (Å²) in [5, 5.41) is 7.20. The van der Waals surface area contributed by atoms with Gasteiger partial charge in [0.15, 0.2) is 0 Å². The van der Waals surface area contributed by atoms with E-state index in [-0.39, 0.29) is 5.91 Å². The SMILES string of the molecule is Cc1cn[nH]c1[C@@H]1CCN(C(=O)c2ccc(N3CCCC3)cc2)C1. The van der Waals surface area contributed by atoms with Gasteiger partial charge in [-0.2, -0.15) is 5.10 Å². The number of likely N-dealkylation sites (tertiary alicyclic amines) is 1. The number of carbonyl (C=O) groups is 1. The molecule has 0 radical (unpaired) electrons. The van der Waals surface area contributed by atoms with Gasteiger partial charge in [-0.25, -0.2) is 0 Å². The summed E-state index contributed by atoms with van der Waals surface area (Å²) in [5.41, 5.74) is 4.38. The van der Waals surface area contributed by atoms with Crippen LogP contribution in [0, 0.1) is 6.92 Å². The van der Waals surface area contributed by atoms with Crippen LogP contribution in [-0.4, -0.2) is 47.2 Å². The molecule has 4 rings (SSSR count). The fourth-order valence-corrected chi connectivity index (χ4v) is 3.92. The lowest BCUT2D eigenvalue weighted by Gasteiger charge is -2.19. The lowest BCUT2D eigenvalue weighted by Crippen LogP contribution is -2.28. The van der Waals surface area contributed by atoms with Gasteiger partial charge in [-0.3, -0.25) is 9.89 Å². The fourth-order valence-electron chi connectivity index (χ4n) is 3.92. The summed E-state index contributed by atoms with van der Waals surface area (Å²) in [7, 11) is 0. The average molecular weight is 324 g/mol. The van der Waals surface area contributed by atoms with E-state index in [1.54, 1.807) is 0 Å². The van der Waals surface area contributed by atoms with Crippen LogP contribution >= 0.6 is 0 Å². The van der Waals surface area contributed by atoms with Gasteiger partial charge in [0.25, 0.3) is 5.91 Å². The largest absolute Gasteiger partial charge is 0.372 e. The molecule has 0 bridgehead atoms. The summed E-state index contributed by atoms with van der Waals surface area (Å²) >= 11 is 0. The maximum Gasteiger partial charge on any atom is 0.253 e. The number of aromatic amines is 1. The number of amides is 1. The van der Waals surface area contributed by atoms with Crippen LogP contribution in [-0.2, 0) is 0 Å². The minimum absolute atomic E-state index is 0.141. The molecule has 1 atom stereocenters. The van der Waals surface area contributed by atoms with Crippen molar-refractivity contribution < 1.29 is 4.79 Å². The minimum Gasteiger partial charge on any atom is -0.372 e. The number of hydrogen-bond donors (Lipinski definition) is 1. The van der Waals surface area contributed by atoms with Gasteiger partial charge in [-0.15, -0.1) is 0 Å². The van der Waals surface area contributed by atoms with Crippen molar-refractivity contribution in [3.8, 4) is 0 Å². The number of nitrogens with zero attached hydrogens (tertiary/aromatic N) is 3. The highest BCUT2D eigenvalue weighted by Crippen LogP contribution is 2.29. The highest BCUT2D eigenvalue weighted by Gasteiger charge is 2.29. The lowest BCUT2D eigenvalue weighted by molar-refractivity contribution is 0.0790. The average Bonchev–Trinajstić information content (AvgIpc) is 3.35. The van der Waals surface area contributed by atoms with E-state index in [1.807, 2.05) is 23.2 Å². The predicted molar refractivity (Wildman–Crippen MR) is 94.5 cm³/mol. The summed E-state index contributed by atoms with van der Waals surface area (Å²) in [6, 6.07) is 8.13. The molecule has 3 heterocycles. The van der Waals surface area contributed by atoms with Crippen molar-refractivity contribution in [3.05, 3.63) is 47.3 Å². The number of aromatic nitrogens is 2. The molecule has 5 heteroatoms. The second kappa shape index (κ2) is 6.30. The second-order valence-electron chi connectivity index (χ2n) is 6.94. The van der Waals surface area contributed by atoms with Crippen LogP contribution in [0.4, 0.5) is 5.69 Å². The number of H-pyrrole nitrogens is 1. The Morgan fingerprint density at radius 1 is 1.17 bits per heavy atom. The molecule has 2 aromatic rings. The molecule has 2 fully saturated rings. The normalized spacial score (nSPS) is 20.8. The maximum atomic E-state index is 12.8. The summed E-state index contributed by atoms with van der Waals surface area (Å²) in [5.74, 6) is 0.517. The Hall–Kier alpha value is -2.30. The van der Waals surface area contributed by atoms with Gasteiger partial charge < -0.3 is 9.80 Å². The molecule has 1 amide bonds. The van der Waals surface area contributed by atoms with Gasteiger partial charge in [0, 0.05) is 49.0 Å². The zero-order valence-electron chi connectivity index (χ0n) is 14.2. The third kappa shape index (κ3) is 2.79. The summed E-state index contributed by atoms with van der Waals surface area (Å²) in [4.78, 5) is 17.1. The van der Waals surface area contributed by atoms with Gasteiger partial charge in [-0.1, -0.05) is 0 Å². The van der Waals surface area contributed by atoms with E-state index in [2.05, 4.69) is 34.2 Å². The Morgan fingerprint density at radius 2 is 1.92 bits per heavy atom. The first kappa shape index (κ1) is 15.2. The first-order valence-electron chi connectivity index (χ1n) is 8.86. The van der Waals surface area contributed by atoms with Crippen molar-refractivity contribution in [2.45, 2.75) is 32.1 Å². The third-order valence-electron chi connectivity index (χ3n) is 5.34. The van der Waals surface area contributed by atoms with Gasteiger partial charge in [0.1, 0.15) is 0 Å². The Morgan fingerprint density at radius 3 is 2.58 bits per heavy atom. The van der Waals surface area contributed by atoms with E-state index >= 15 is 0 Å². The molecule has 0 saturated carbocycles. The minimum atomic E-state index is 0.141. The fraction of sp³-hybridized carbons (Fsp3) is 0.474. The third-order valence-corrected chi connectivity index (χ3v) is 5.34. The van der Waals surface area contributed by atoms with Crippen LogP contribution in [0.1, 0.15) is 46.8 Å². The van der Waals surface area contributed by atoms with Gasteiger partial charge in [-0.05, 0) is 56.0 Å². The van der Waals surface area contributed by atoms with E-state index < -0.39 is 0 Å².